The molecule has 0 aliphatic heterocycles. The van der Waals surface area contributed by atoms with Gasteiger partial charge in [0.1, 0.15) is 11.6 Å². The SMILES string of the molecule is CCOCCn1c(CC[C@@H](C)C(N)=O)nc2cc(Br)ccc21.CCOCCn1c(CN[C@@H](C)C(N)=O)nc2cc(Br)ccc21. The van der Waals surface area contributed by atoms with Crippen LogP contribution in [-0.2, 0) is 45.1 Å². The first-order valence-corrected chi connectivity index (χ1v) is 16.4. The van der Waals surface area contributed by atoms with Crippen molar-refractivity contribution in [1.29, 1.82) is 0 Å². The molecule has 0 spiro atoms. The molecule has 4 aromatic rings. The number of aromatic nitrogens is 4. The van der Waals surface area contributed by atoms with E-state index >= 15 is 0 Å². The predicted molar refractivity (Wildman–Crippen MR) is 180 cm³/mol. The van der Waals surface area contributed by atoms with Gasteiger partial charge in [-0.1, -0.05) is 38.8 Å². The Kier molecular flexibility index (Phi) is 14.3. The summed E-state index contributed by atoms with van der Waals surface area (Å²) >= 11 is 6.94. The standard InChI is InChI=1S/C16H22BrN3O2.C15H21BrN4O2/c1-3-22-9-8-20-14-6-5-12(17)10-13(14)19-15(20)7-4-11(2)16(18)21;1-3-22-7-6-20-13-5-4-11(16)8-12(13)19-14(20)9-18-10(2)15(17)21/h5-6,10-11H,3-4,7-9H2,1-2H3,(H2,18,21);4-5,8,10,18H,3,6-7,9H2,1-2H3,(H2,17,21)/t11-;10-/m10/s1. The molecule has 4 rings (SSSR count). The first-order valence-electron chi connectivity index (χ1n) is 14.8. The normalized spacial score (nSPS) is 12.7. The molecule has 0 aliphatic rings. The van der Waals surface area contributed by atoms with Crippen LogP contribution in [0.2, 0.25) is 0 Å². The Morgan fingerprint density at radius 2 is 1.34 bits per heavy atom. The molecule has 11 nitrogen and oxygen atoms in total. The summed E-state index contributed by atoms with van der Waals surface area (Å²) in [7, 11) is 0. The first-order chi connectivity index (χ1) is 21.0. The number of benzene rings is 2. The molecule has 2 aromatic carbocycles. The summed E-state index contributed by atoms with van der Waals surface area (Å²) in [6, 6.07) is 11.7. The number of nitrogens with zero attached hydrogens (tertiary/aromatic N) is 4. The highest BCUT2D eigenvalue weighted by Gasteiger charge is 2.16. The zero-order valence-electron chi connectivity index (χ0n) is 25.8. The van der Waals surface area contributed by atoms with E-state index in [2.05, 4.69) is 57.4 Å². The minimum absolute atomic E-state index is 0.146. The average Bonchev–Trinajstić information content (AvgIpc) is 3.51. The lowest BCUT2D eigenvalue weighted by atomic mass is 10.1. The van der Waals surface area contributed by atoms with Gasteiger partial charge in [-0.15, -0.1) is 0 Å². The van der Waals surface area contributed by atoms with Crippen molar-refractivity contribution >= 4 is 65.7 Å². The van der Waals surface area contributed by atoms with Crippen LogP contribution in [0.5, 0.6) is 0 Å². The monoisotopic (exact) mass is 735 g/mol. The molecule has 2 amide bonds. The summed E-state index contributed by atoms with van der Waals surface area (Å²) < 4.78 is 17.2. The van der Waals surface area contributed by atoms with Crippen LogP contribution in [0.4, 0.5) is 0 Å². The summed E-state index contributed by atoms with van der Waals surface area (Å²) in [5.41, 5.74) is 14.6. The molecule has 2 atom stereocenters. The number of nitrogens with one attached hydrogen (secondary N) is 1. The van der Waals surface area contributed by atoms with Gasteiger partial charge in [-0.25, -0.2) is 9.97 Å². The number of hydrogen-bond donors (Lipinski definition) is 3. The molecule has 13 heteroatoms. The minimum atomic E-state index is -0.396. The number of rotatable bonds is 16. The predicted octanol–water partition coefficient (Wildman–Crippen LogP) is 4.69. The van der Waals surface area contributed by atoms with Crippen LogP contribution in [-0.4, -0.2) is 63.4 Å². The van der Waals surface area contributed by atoms with E-state index in [0.29, 0.717) is 45.9 Å². The van der Waals surface area contributed by atoms with E-state index in [1.807, 2.05) is 51.1 Å². The van der Waals surface area contributed by atoms with Gasteiger partial charge in [-0.2, -0.15) is 0 Å². The molecule has 5 N–H and O–H groups in total. The van der Waals surface area contributed by atoms with Crippen LogP contribution in [0.25, 0.3) is 22.1 Å². The van der Waals surface area contributed by atoms with Crippen LogP contribution in [0.1, 0.15) is 45.8 Å². The Hall–Kier alpha value is -2.84. The van der Waals surface area contributed by atoms with E-state index in [1.165, 1.54) is 0 Å². The number of imidazole rings is 2. The Balaban J connectivity index is 0.000000240. The fourth-order valence-electron chi connectivity index (χ4n) is 4.56. The molecular formula is C31H43Br2N7O4. The third-order valence-electron chi connectivity index (χ3n) is 7.19. The van der Waals surface area contributed by atoms with Gasteiger partial charge in [0, 0.05) is 47.6 Å². The molecule has 0 saturated carbocycles. The van der Waals surface area contributed by atoms with Gasteiger partial charge in [0.05, 0.1) is 47.9 Å². The van der Waals surface area contributed by atoms with Crippen molar-refractivity contribution in [3.05, 3.63) is 57.0 Å². The third kappa shape index (κ3) is 10.1. The molecule has 0 saturated heterocycles. The van der Waals surface area contributed by atoms with Gasteiger partial charge in [0.15, 0.2) is 0 Å². The maximum atomic E-state index is 11.2. The number of carbonyl (C=O) groups excluding carboxylic acids is 2. The molecule has 44 heavy (non-hydrogen) atoms. The lowest BCUT2D eigenvalue weighted by molar-refractivity contribution is -0.121. The fraction of sp³-hybridized carbons (Fsp3) is 0.484. The third-order valence-corrected chi connectivity index (χ3v) is 8.17. The number of halogens is 2. The van der Waals surface area contributed by atoms with Gasteiger partial charge in [0.25, 0.3) is 0 Å². The molecule has 2 heterocycles. The zero-order valence-corrected chi connectivity index (χ0v) is 29.0. The molecule has 0 fully saturated rings. The van der Waals surface area contributed by atoms with E-state index in [0.717, 1.165) is 55.6 Å². The summed E-state index contributed by atoms with van der Waals surface area (Å²) in [5.74, 6) is 1.05. The van der Waals surface area contributed by atoms with E-state index in [4.69, 9.17) is 25.9 Å². The van der Waals surface area contributed by atoms with Gasteiger partial charge < -0.3 is 30.1 Å². The van der Waals surface area contributed by atoms with Crippen molar-refractivity contribution in [2.24, 2.45) is 17.4 Å². The second-order valence-electron chi connectivity index (χ2n) is 10.4. The van der Waals surface area contributed by atoms with Gasteiger partial charge >= 0.3 is 0 Å². The van der Waals surface area contributed by atoms with Crippen LogP contribution in [0.3, 0.4) is 0 Å². The van der Waals surface area contributed by atoms with Crippen molar-refractivity contribution in [2.75, 3.05) is 26.4 Å². The molecule has 0 radical (unpaired) electrons. The molecule has 2 aromatic heterocycles. The van der Waals surface area contributed by atoms with Crippen molar-refractivity contribution < 1.29 is 19.1 Å². The molecule has 240 valence electrons. The highest BCUT2D eigenvalue weighted by Crippen LogP contribution is 2.23. The summed E-state index contributed by atoms with van der Waals surface area (Å²) in [6.07, 6.45) is 1.43. The highest BCUT2D eigenvalue weighted by atomic mass is 79.9. The Bertz CT molecular complexity index is 1420. The van der Waals surface area contributed by atoms with E-state index < -0.39 is 6.04 Å². The maximum absolute atomic E-state index is 11.2. The number of primary amides is 2. The van der Waals surface area contributed by atoms with Gasteiger partial charge in [-0.05, 0) is 63.6 Å². The van der Waals surface area contributed by atoms with Crippen molar-refractivity contribution in [2.45, 2.75) is 66.2 Å². The summed E-state index contributed by atoms with van der Waals surface area (Å²) in [5, 5.41) is 3.09. The maximum Gasteiger partial charge on any atom is 0.234 e. The minimum Gasteiger partial charge on any atom is -0.380 e. The van der Waals surface area contributed by atoms with Crippen LogP contribution >= 0.6 is 31.9 Å². The topological polar surface area (TPSA) is 152 Å². The number of fused-ring (bicyclic) bond motifs is 2. The average molecular weight is 738 g/mol. The Morgan fingerprint density at radius 3 is 1.82 bits per heavy atom. The largest absolute Gasteiger partial charge is 0.380 e. The number of hydrogen-bond acceptors (Lipinski definition) is 7. The fourth-order valence-corrected chi connectivity index (χ4v) is 5.26. The van der Waals surface area contributed by atoms with Crippen molar-refractivity contribution in [1.82, 2.24) is 24.4 Å². The molecule has 0 bridgehead atoms. The number of nitrogens with two attached hydrogens (primary N) is 2. The lowest BCUT2D eigenvalue weighted by Gasteiger charge is -2.12. The summed E-state index contributed by atoms with van der Waals surface area (Å²) in [4.78, 5) is 31.7. The number of ether oxygens (including phenoxy) is 2. The Labute approximate surface area is 275 Å². The number of aryl methyl sites for hydroxylation is 1. The van der Waals surface area contributed by atoms with E-state index in [-0.39, 0.29) is 17.7 Å². The highest BCUT2D eigenvalue weighted by molar-refractivity contribution is 9.10. The second-order valence-corrected chi connectivity index (χ2v) is 12.2. The number of carbonyl (C=O) groups is 2. The van der Waals surface area contributed by atoms with Crippen LogP contribution in [0.15, 0.2) is 45.3 Å². The summed E-state index contributed by atoms with van der Waals surface area (Å²) in [6.45, 7) is 12.2. The van der Waals surface area contributed by atoms with Gasteiger partial charge in [0.2, 0.25) is 11.8 Å². The lowest BCUT2D eigenvalue weighted by Crippen LogP contribution is -2.38. The molecule has 0 unspecified atom stereocenters. The first kappa shape index (κ1) is 35.6. The number of amides is 2. The zero-order chi connectivity index (χ0) is 32.2. The van der Waals surface area contributed by atoms with E-state index in [9.17, 15) is 9.59 Å². The Morgan fingerprint density at radius 1 is 0.841 bits per heavy atom. The van der Waals surface area contributed by atoms with Gasteiger partial charge in [-0.3, -0.25) is 14.9 Å². The molecule has 0 aliphatic carbocycles. The smallest absolute Gasteiger partial charge is 0.234 e. The van der Waals surface area contributed by atoms with Crippen molar-refractivity contribution in [3.63, 3.8) is 0 Å². The van der Waals surface area contributed by atoms with Crippen molar-refractivity contribution in [3.8, 4) is 0 Å². The van der Waals surface area contributed by atoms with Crippen LogP contribution in [0, 0.1) is 5.92 Å². The molecular weight excluding hydrogens is 694 g/mol. The van der Waals surface area contributed by atoms with Crippen LogP contribution < -0.4 is 16.8 Å². The quantitative estimate of drug-likeness (QED) is 0.141. The van der Waals surface area contributed by atoms with E-state index in [1.54, 1.807) is 6.92 Å². The second kappa shape index (κ2) is 17.6.